The maximum atomic E-state index is 10.8. The minimum atomic E-state index is -0.101. The number of aliphatic imine (C=N–C) groups is 1. The Balaban J connectivity index is 2.39. The van der Waals surface area contributed by atoms with Gasteiger partial charge in [0.2, 0.25) is 0 Å². The number of hydrogen-bond donors (Lipinski definition) is 1. The molecule has 24 heavy (non-hydrogen) atoms. The molecule has 0 aliphatic carbocycles. The number of rotatable bonds is 3. The highest BCUT2D eigenvalue weighted by Gasteiger charge is 2.24. The molecule has 0 saturated heterocycles. The second-order valence-corrected chi connectivity index (χ2v) is 8.38. The summed E-state index contributed by atoms with van der Waals surface area (Å²) in [5.41, 5.74) is 4.05. The van der Waals surface area contributed by atoms with Crippen LogP contribution in [0.3, 0.4) is 0 Å². The zero-order valence-electron chi connectivity index (χ0n) is 15.7. The van der Waals surface area contributed by atoms with Crippen molar-refractivity contribution in [1.29, 1.82) is 0 Å². The van der Waals surface area contributed by atoms with Crippen molar-refractivity contribution in [2.24, 2.45) is 4.99 Å². The van der Waals surface area contributed by atoms with E-state index in [0.717, 1.165) is 16.8 Å². The van der Waals surface area contributed by atoms with Gasteiger partial charge in [0, 0.05) is 12.6 Å². The fourth-order valence-electron chi connectivity index (χ4n) is 2.62. The second kappa shape index (κ2) is 6.80. The summed E-state index contributed by atoms with van der Waals surface area (Å²) in [6, 6.07) is 14.1. The van der Waals surface area contributed by atoms with Gasteiger partial charge in [0.15, 0.2) is 0 Å². The van der Waals surface area contributed by atoms with Crippen molar-refractivity contribution >= 4 is 11.9 Å². The molecule has 0 radical (unpaired) electrons. The van der Waals surface area contributed by atoms with Gasteiger partial charge in [-0.15, -0.1) is 0 Å². The minimum Gasteiger partial charge on any atom is -0.507 e. The molecule has 0 aliphatic heterocycles. The summed E-state index contributed by atoms with van der Waals surface area (Å²) in [5, 5.41) is 10.8. The molecule has 2 nitrogen and oxygen atoms in total. The Bertz CT molecular complexity index is 716. The molecule has 0 aromatic heterocycles. The van der Waals surface area contributed by atoms with E-state index in [9.17, 15) is 5.11 Å². The summed E-state index contributed by atoms with van der Waals surface area (Å²) in [7, 11) is 0. The Morgan fingerprint density at radius 3 is 2.08 bits per heavy atom. The Morgan fingerprint density at radius 2 is 1.54 bits per heavy atom. The largest absolute Gasteiger partial charge is 0.507 e. The van der Waals surface area contributed by atoms with Crippen LogP contribution >= 0.6 is 0 Å². The highest BCUT2D eigenvalue weighted by molar-refractivity contribution is 5.68. The van der Waals surface area contributed by atoms with Crippen LogP contribution in [-0.4, -0.2) is 11.3 Å². The lowest BCUT2D eigenvalue weighted by molar-refractivity contribution is 0.440. The van der Waals surface area contributed by atoms with Crippen LogP contribution in [0.2, 0.25) is 0 Å². The molecule has 128 valence electrons. The van der Waals surface area contributed by atoms with Gasteiger partial charge in [0.25, 0.3) is 0 Å². The molecule has 0 unspecified atom stereocenters. The Morgan fingerprint density at radius 1 is 0.917 bits per heavy atom. The van der Waals surface area contributed by atoms with E-state index in [0.29, 0.717) is 12.2 Å². The highest BCUT2D eigenvalue weighted by atomic mass is 16.3. The normalized spacial score (nSPS) is 12.8. The molecule has 0 heterocycles. The lowest BCUT2D eigenvalue weighted by atomic mass is 9.78. The number of hydrogen-bond acceptors (Lipinski definition) is 2. The maximum absolute atomic E-state index is 10.8. The summed E-state index contributed by atoms with van der Waals surface area (Å²) in [6.45, 7) is 13.0. The Kier molecular flexibility index (Phi) is 5.17. The first kappa shape index (κ1) is 18.3. The standard InChI is InChI=1S/C22H29NO/c1-21(2,3)17-14-16(20(24)19(15-17)22(4,5)6)12-13-23-18-10-8-7-9-11-18/h7-11,13-15,24H,12H2,1-6H3. The molecule has 0 atom stereocenters. The zero-order chi connectivity index (χ0) is 18.0. The smallest absolute Gasteiger partial charge is 0.122 e. The van der Waals surface area contributed by atoms with Crippen LogP contribution in [-0.2, 0) is 17.3 Å². The molecule has 1 N–H and O–H groups in total. The van der Waals surface area contributed by atoms with Crippen molar-refractivity contribution in [2.75, 3.05) is 0 Å². The zero-order valence-corrected chi connectivity index (χ0v) is 15.7. The predicted molar refractivity (Wildman–Crippen MR) is 104 cm³/mol. The number of phenols is 1. The SMILES string of the molecule is CC(C)(C)c1cc(CC=Nc2ccccc2)c(O)c(C(C)(C)C)c1. The van der Waals surface area contributed by atoms with Gasteiger partial charge in [0.1, 0.15) is 5.75 Å². The van der Waals surface area contributed by atoms with Gasteiger partial charge in [-0.25, -0.2) is 0 Å². The number of benzene rings is 2. The Hall–Kier alpha value is -2.09. The van der Waals surface area contributed by atoms with Crippen molar-refractivity contribution in [3.05, 3.63) is 59.2 Å². The van der Waals surface area contributed by atoms with Crippen molar-refractivity contribution in [2.45, 2.75) is 58.8 Å². The third-order valence-corrected chi connectivity index (χ3v) is 4.17. The first-order valence-electron chi connectivity index (χ1n) is 8.53. The third kappa shape index (κ3) is 4.47. The quantitative estimate of drug-likeness (QED) is 0.697. The van der Waals surface area contributed by atoms with Crippen molar-refractivity contribution < 1.29 is 5.11 Å². The molecule has 0 spiro atoms. The number of aromatic hydroxyl groups is 1. The number of phenolic OH excluding ortho intramolecular Hbond substituents is 1. The molecule has 2 rings (SSSR count). The van der Waals surface area contributed by atoms with Gasteiger partial charge in [-0.1, -0.05) is 71.9 Å². The monoisotopic (exact) mass is 323 g/mol. The van der Waals surface area contributed by atoms with Crippen LogP contribution in [0.1, 0.15) is 58.2 Å². The predicted octanol–water partition coefficient (Wildman–Crippen LogP) is 5.93. The summed E-state index contributed by atoms with van der Waals surface area (Å²) in [5.74, 6) is 0.398. The van der Waals surface area contributed by atoms with Gasteiger partial charge in [-0.2, -0.15) is 0 Å². The summed E-state index contributed by atoms with van der Waals surface area (Å²) >= 11 is 0. The fraction of sp³-hybridized carbons (Fsp3) is 0.409. The molecular weight excluding hydrogens is 294 g/mol. The van der Waals surface area contributed by atoms with Gasteiger partial charge in [-0.05, 0) is 39.7 Å². The van der Waals surface area contributed by atoms with Gasteiger partial charge < -0.3 is 5.11 Å². The van der Waals surface area contributed by atoms with Crippen LogP contribution < -0.4 is 0 Å². The van der Waals surface area contributed by atoms with Crippen molar-refractivity contribution in [1.82, 2.24) is 0 Å². The van der Waals surface area contributed by atoms with E-state index in [2.05, 4.69) is 58.7 Å². The second-order valence-electron chi connectivity index (χ2n) is 8.38. The van der Waals surface area contributed by atoms with Crippen molar-refractivity contribution in [3.8, 4) is 5.75 Å². The average Bonchev–Trinajstić information content (AvgIpc) is 2.47. The topological polar surface area (TPSA) is 32.6 Å². The number of nitrogens with zero attached hydrogens (tertiary/aromatic N) is 1. The molecule has 0 amide bonds. The van der Waals surface area contributed by atoms with Gasteiger partial charge in [0.05, 0.1) is 5.69 Å². The van der Waals surface area contributed by atoms with E-state index in [4.69, 9.17) is 0 Å². The van der Waals surface area contributed by atoms with E-state index < -0.39 is 0 Å². The highest BCUT2D eigenvalue weighted by Crippen LogP contribution is 2.37. The first-order chi connectivity index (χ1) is 11.1. The molecule has 0 saturated carbocycles. The fourth-order valence-corrected chi connectivity index (χ4v) is 2.62. The van der Waals surface area contributed by atoms with Crippen LogP contribution in [0.5, 0.6) is 5.75 Å². The summed E-state index contributed by atoms with van der Waals surface area (Å²) in [4.78, 5) is 4.49. The third-order valence-electron chi connectivity index (χ3n) is 4.17. The first-order valence-corrected chi connectivity index (χ1v) is 8.53. The number of para-hydroxylation sites is 1. The molecule has 0 fully saturated rings. The van der Waals surface area contributed by atoms with Crippen LogP contribution in [0.25, 0.3) is 0 Å². The molecule has 0 aliphatic rings. The minimum absolute atomic E-state index is 0.0407. The van der Waals surface area contributed by atoms with Gasteiger partial charge >= 0.3 is 0 Å². The van der Waals surface area contributed by atoms with Gasteiger partial charge in [-0.3, -0.25) is 4.99 Å². The van der Waals surface area contributed by atoms with E-state index in [-0.39, 0.29) is 10.8 Å². The average molecular weight is 323 g/mol. The molecule has 2 aromatic carbocycles. The summed E-state index contributed by atoms with van der Waals surface area (Å²) in [6.07, 6.45) is 2.50. The van der Waals surface area contributed by atoms with E-state index in [1.165, 1.54) is 5.56 Å². The lowest BCUT2D eigenvalue weighted by Crippen LogP contribution is -2.17. The molecule has 0 bridgehead atoms. The lowest BCUT2D eigenvalue weighted by Gasteiger charge is -2.27. The van der Waals surface area contributed by atoms with E-state index in [1.807, 2.05) is 36.5 Å². The Labute approximate surface area is 146 Å². The molecular formula is C22H29NO. The summed E-state index contributed by atoms with van der Waals surface area (Å²) < 4.78 is 0. The maximum Gasteiger partial charge on any atom is 0.122 e. The van der Waals surface area contributed by atoms with Crippen LogP contribution in [0.4, 0.5) is 5.69 Å². The van der Waals surface area contributed by atoms with Crippen molar-refractivity contribution in [3.63, 3.8) is 0 Å². The van der Waals surface area contributed by atoms with E-state index in [1.54, 1.807) is 0 Å². The van der Waals surface area contributed by atoms with Crippen LogP contribution in [0.15, 0.2) is 47.5 Å². The molecule has 2 heteroatoms. The van der Waals surface area contributed by atoms with Crippen LogP contribution in [0, 0.1) is 0 Å². The molecule has 2 aromatic rings. The van der Waals surface area contributed by atoms with E-state index >= 15 is 0 Å².